The SMILES string of the molecule is Cc1nc(-c2nnn(C)c2COc2cc(C3CC3)ccn2)ccc1O[C@H]1CCC[C@H](C(=O)O)C1. The highest BCUT2D eigenvalue weighted by Gasteiger charge is 2.29. The van der Waals surface area contributed by atoms with Gasteiger partial charge in [-0.15, -0.1) is 5.10 Å². The number of pyridine rings is 2. The minimum atomic E-state index is -0.745. The van der Waals surface area contributed by atoms with E-state index in [-0.39, 0.29) is 18.6 Å². The monoisotopic (exact) mass is 463 g/mol. The Labute approximate surface area is 198 Å². The lowest BCUT2D eigenvalue weighted by molar-refractivity contribution is -0.143. The molecule has 34 heavy (non-hydrogen) atoms. The summed E-state index contributed by atoms with van der Waals surface area (Å²) >= 11 is 0. The maximum Gasteiger partial charge on any atom is 0.306 e. The maximum atomic E-state index is 11.4. The van der Waals surface area contributed by atoms with Crippen LogP contribution in [0.3, 0.4) is 0 Å². The Bertz CT molecular complexity index is 1190. The minimum Gasteiger partial charge on any atom is -0.489 e. The lowest BCUT2D eigenvalue weighted by atomic mass is 9.87. The van der Waals surface area contributed by atoms with Crippen LogP contribution in [0.4, 0.5) is 0 Å². The maximum absolute atomic E-state index is 11.4. The van der Waals surface area contributed by atoms with E-state index in [1.54, 1.807) is 10.9 Å². The van der Waals surface area contributed by atoms with Crippen LogP contribution < -0.4 is 9.47 Å². The Morgan fingerprint density at radius 1 is 1.21 bits per heavy atom. The first-order chi connectivity index (χ1) is 16.5. The predicted molar refractivity (Wildman–Crippen MR) is 124 cm³/mol. The van der Waals surface area contributed by atoms with Crippen molar-refractivity contribution in [2.24, 2.45) is 13.0 Å². The van der Waals surface area contributed by atoms with Crippen molar-refractivity contribution in [3.8, 4) is 23.0 Å². The fourth-order valence-electron chi connectivity index (χ4n) is 4.51. The van der Waals surface area contributed by atoms with E-state index in [0.29, 0.717) is 41.8 Å². The van der Waals surface area contributed by atoms with Gasteiger partial charge in [0.05, 0.1) is 23.4 Å². The lowest BCUT2D eigenvalue weighted by Gasteiger charge is -2.27. The first-order valence-electron chi connectivity index (χ1n) is 11.8. The average molecular weight is 464 g/mol. The molecule has 0 saturated heterocycles. The summed E-state index contributed by atoms with van der Waals surface area (Å²) in [7, 11) is 1.83. The van der Waals surface area contributed by atoms with Crippen LogP contribution in [0.5, 0.6) is 11.6 Å². The molecule has 9 heteroatoms. The number of ether oxygens (including phenoxy) is 2. The molecule has 178 valence electrons. The van der Waals surface area contributed by atoms with E-state index in [4.69, 9.17) is 14.5 Å². The highest BCUT2D eigenvalue weighted by atomic mass is 16.5. The van der Waals surface area contributed by atoms with Gasteiger partial charge in [-0.1, -0.05) is 5.21 Å². The fraction of sp³-hybridized carbons (Fsp3) is 0.480. The van der Waals surface area contributed by atoms with E-state index >= 15 is 0 Å². The molecule has 5 rings (SSSR count). The van der Waals surface area contributed by atoms with Crippen LogP contribution >= 0.6 is 0 Å². The van der Waals surface area contributed by atoms with Gasteiger partial charge in [0.15, 0.2) is 0 Å². The zero-order valence-corrected chi connectivity index (χ0v) is 19.5. The third-order valence-electron chi connectivity index (χ3n) is 6.66. The molecule has 2 aliphatic carbocycles. The van der Waals surface area contributed by atoms with Gasteiger partial charge in [-0.05, 0) is 75.1 Å². The third kappa shape index (κ3) is 4.88. The van der Waals surface area contributed by atoms with E-state index in [0.717, 1.165) is 24.2 Å². The molecule has 3 aromatic rings. The predicted octanol–water partition coefficient (Wildman–Crippen LogP) is 4.06. The van der Waals surface area contributed by atoms with Crippen LogP contribution in [0.25, 0.3) is 11.4 Å². The number of aliphatic carboxylic acids is 1. The van der Waals surface area contributed by atoms with E-state index in [1.807, 2.05) is 38.2 Å². The molecule has 0 aliphatic heterocycles. The van der Waals surface area contributed by atoms with Crippen LogP contribution in [0.1, 0.15) is 61.4 Å². The molecule has 2 fully saturated rings. The topological polar surface area (TPSA) is 112 Å². The molecule has 0 spiro atoms. The Morgan fingerprint density at radius 3 is 2.82 bits per heavy atom. The summed E-state index contributed by atoms with van der Waals surface area (Å²) in [4.78, 5) is 20.4. The van der Waals surface area contributed by atoms with Crippen LogP contribution in [-0.4, -0.2) is 42.1 Å². The summed E-state index contributed by atoms with van der Waals surface area (Å²) in [6.45, 7) is 2.16. The number of aromatic nitrogens is 5. The molecule has 9 nitrogen and oxygen atoms in total. The second kappa shape index (κ2) is 9.40. The van der Waals surface area contributed by atoms with Crippen LogP contribution in [0, 0.1) is 12.8 Å². The Balaban J connectivity index is 1.29. The number of nitrogens with zero attached hydrogens (tertiary/aromatic N) is 5. The summed E-state index contributed by atoms with van der Waals surface area (Å²) in [6, 6.07) is 7.80. The summed E-state index contributed by atoms with van der Waals surface area (Å²) in [6.07, 6.45) is 7.08. The number of aryl methyl sites for hydroxylation is 2. The van der Waals surface area contributed by atoms with Crippen molar-refractivity contribution in [3.63, 3.8) is 0 Å². The Hall–Kier alpha value is -3.49. The van der Waals surface area contributed by atoms with Gasteiger partial charge in [0.1, 0.15) is 23.7 Å². The van der Waals surface area contributed by atoms with Crippen molar-refractivity contribution >= 4 is 5.97 Å². The quantitative estimate of drug-likeness (QED) is 0.532. The molecule has 0 aromatic carbocycles. The molecule has 0 bridgehead atoms. The second-order valence-corrected chi connectivity index (χ2v) is 9.22. The number of rotatable bonds is 8. The molecule has 2 saturated carbocycles. The number of carboxylic acid groups (broad SMARTS) is 1. The van der Waals surface area contributed by atoms with Gasteiger partial charge in [-0.2, -0.15) is 0 Å². The Kier molecular flexibility index (Phi) is 6.17. The van der Waals surface area contributed by atoms with Crippen molar-refractivity contribution in [1.29, 1.82) is 0 Å². The highest BCUT2D eigenvalue weighted by Crippen LogP contribution is 2.40. The van der Waals surface area contributed by atoms with Crippen molar-refractivity contribution in [3.05, 3.63) is 47.4 Å². The number of hydrogen-bond donors (Lipinski definition) is 1. The summed E-state index contributed by atoms with van der Waals surface area (Å²) in [5, 5.41) is 17.8. The van der Waals surface area contributed by atoms with Crippen LogP contribution in [-0.2, 0) is 18.4 Å². The summed E-state index contributed by atoms with van der Waals surface area (Å²) in [5.74, 6) is 0.813. The van der Waals surface area contributed by atoms with Crippen molar-refractivity contribution in [2.75, 3.05) is 0 Å². The van der Waals surface area contributed by atoms with E-state index in [9.17, 15) is 9.90 Å². The van der Waals surface area contributed by atoms with Crippen molar-refractivity contribution in [2.45, 2.75) is 64.1 Å². The minimum absolute atomic E-state index is 0.111. The number of carboxylic acids is 1. The first-order valence-corrected chi connectivity index (χ1v) is 11.8. The number of hydrogen-bond acceptors (Lipinski definition) is 7. The average Bonchev–Trinajstić information content (AvgIpc) is 3.62. The third-order valence-corrected chi connectivity index (χ3v) is 6.66. The molecule has 3 heterocycles. The summed E-state index contributed by atoms with van der Waals surface area (Å²) < 4.78 is 13.8. The van der Waals surface area contributed by atoms with Gasteiger partial charge in [-0.25, -0.2) is 14.6 Å². The fourth-order valence-corrected chi connectivity index (χ4v) is 4.51. The lowest BCUT2D eigenvalue weighted by Crippen LogP contribution is -2.29. The van der Waals surface area contributed by atoms with Crippen molar-refractivity contribution < 1.29 is 19.4 Å². The van der Waals surface area contributed by atoms with Gasteiger partial charge >= 0.3 is 5.97 Å². The molecule has 0 unspecified atom stereocenters. The zero-order chi connectivity index (χ0) is 23.7. The molecule has 3 aromatic heterocycles. The van der Waals surface area contributed by atoms with E-state index < -0.39 is 5.97 Å². The second-order valence-electron chi connectivity index (χ2n) is 9.22. The number of carbonyl (C=O) groups is 1. The van der Waals surface area contributed by atoms with Gasteiger partial charge in [-0.3, -0.25) is 4.79 Å². The van der Waals surface area contributed by atoms with E-state index in [1.165, 1.54) is 18.4 Å². The van der Waals surface area contributed by atoms with Crippen molar-refractivity contribution in [1.82, 2.24) is 25.0 Å². The van der Waals surface area contributed by atoms with Gasteiger partial charge in [0.2, 0.25) is 5.88 Å². The van der Waals surface area contributed by atoms with Gasteiger partial charge in [0, 0.05) is 19.3 Å². The smallest absolute Gasteiger partial charge is 0.306 e. The van der Waals surface area contributed by atoms with Gasteiger partial charge < -0.3 is 14.6 Å². The van der Waals surface area contributed by atoms with Crippen LogP contribution in [0.2, 0.25) is 0 Å². The standard InChI is InChI=1S/C25H29N5O4/c1-15-22(34-19-5-3-4-18(12-19)25(31)32)9-8-20(27-15)24-21(30(2)29-28-24)14-33-23-13-17(10-11-26-23)16-6-7-16/h8-11,13,16,18-19H,3-7,12,14H2,1-2H3,(H,31,32)/t18-,19-/m0/s1. The molecule has 0 amide bonds. The first kappa shape index (κ1) is 22.3. The molecule has 2 atom stereocenters. The van der Waals surface area contributed by atoms with E-state index in [2.05, 4.69) is 15.3 Å². The molecular formula is C25H29N5O4. The normalized spacial score (nSPS) is 20.2. The molecule has 2 aliphatic rings. The van der Waals surface area contributed by atoms with Crippen LogP contribution in [0.15, 0.2) is 30.5 Å². The molecular weight excluding hydrogens is 434 g/mol. The zero-order valence-electron chi connectivity index (χ0n) is 19.5. The summed E-state index contributed by atoms with van der Waals surface area (Å²) in [5.41, 5.74) is 4.14. The molecule has 0 radical (unpaired) electrons. The highest BCUT2D eigenvalue weighted by molar-refractivity contribution is 5.70. The Morgan fingerprint density at radius 2 is 2.06 bits per heavy atom. The van der Waals surface area contributed by atoms with Gasteiger partial charge in [0.25, 0.3) is 0 Å². The molecule has 1 N–H and O–H groups in total. The largest absolute Gasteiger partial charge is 0.489 e.